The van der Waals surface area contributed by atoms with Crippen molar-refractivity contribution in [1.29, 1.82) is 0 Å². The van der Waals surface area contributed by atoms with E-state index in [2.05, 4.69) is 30.4 Å². The summed E-state index contributed by atoms with van der Waals surface area (Å²) in [5.41, 5.74) is 3.44. The van der Waals surface area contributed by atoms with E-state index in [1.165, 1.54) is 17.7 Å². The van der Waals surface area contributed by atoms with Gasteiger partial charge in [0.15, 0.2) is 0 Å². The fourth-order valence-corrected chi connectivity index (χ4v) is 5.22. The van der Waals surface area contributed by atoms with Crippen LogP contribution in [0.4, 0.5) is 11.4 Å². The summed E-state index contributed by atoms with van der Waals surface area (Å²) in [6.45, 7) is 9.15. The molecule has 0 aromatic heterocycles. The molecule has 35 heavy (non-hydrogen) atoms. The SMILES string of the molecule is CC(C)(C)c1ccc(C(=O)N2CCN(c3ccc(NS(=O)(=O)c4ccc(Cl)cc4)cc3)CC2)cc1. The Balaban J connectivity index is 1.35. The summed E-state index contributed by atoms with van der Waals surface area (Å²) in [6.07, 6.45) is 0. The largest absolute Gasteiger partial charge is 0.368 e. The summed E-state index contributed by atoms with van der Waals surface area (Å²) >= 11 is 5.85. The third kappa shape index (κ3) is 5.97. The Kier molecular flexibility index (Phi) is 7.10. The first-order valence-electron chi connectivity index (χ1n) is 11.6. The first-order chi connectivity index (χ1) is 16.5. The first-order valence-corrected chi connectivity index (χ1v) is 13.4. The lowest BCUT2D eigenvalue weighted by molar-refractivity contribution is 0.0746. The minimum atomic E-state index is -3.69. The second-order valence-electron chi connectivity index (χ2n) is 9.71. The van der Waals surface area contributed by atoms with Gasteiger partial charge in [0, 0.05) is 48.1 Å². The van der Waals surface area contributed by atoms with Gasteiger partial charge >= 0.3 is 0 Å². The van der Waals surface area contributed by atoms with Crippen LogP contribution < -0.4 is 9.62 Å². The fraction of sp³-hybridized carbons (Fsp3) is 0.296. The predicted octanol–water partition coefficient (Wildman–Crippen LogP) is 5.40. The van der Waals surface area contributed by atoms with Crippen LogP contribution in [0.1, 0.15) is 36.7 Å². The van der Waals surface area contributed by atoms with E-state index >= 15 is 0 Å². The first kappa shape index (κ1) is 25.1. The van der Waals surface area contributed by atoms with Crippen LogP contribution in [-0.2, 0) is 15.4 Å². The van der Waals surface area contributed by atoms with Crippen LogP contribution in [0.2, 0.25) is 5.02 Å². The number of hydrogen-bond donors (Lipinski definition) is 1. The van der Waals surface area contributed by atoms with Gasteiger partial charge in [-0.2, -0.15) is 0 Å². The molecule has 1 fully saturated rings. The Morgan fingerprint density at radius 1 is 0.829 bits per heavy atom. The number of carbonyl (C=O) groups excluding carboxylic acids is 1. The standard InChI is InChI=1S/C27H30ClN3O3S/c1-27(2,3)21-6-4-20(5-7-21)26(32)31-18-16-30(17-19-31)24-12-10-23(11-13-24)29-35(33,34)25-14-8-22(28)9-15-25/h4-15,29H,16-19H2,1-3H3. The topological polar surface area (TPSA) is 69.7 Å². The van der Waals surface area contributed by atoms with E-state index in [0.717, 1.165) is 5.69 Å². The average Bonchev–Trinajstić information content (AvgIpc) is 2.84. The molecule has 4 rings (SSSR count). The van der Waals surface area contributed by atoms with E-state index in [1.807, 2.05) is 41.3 Å². The van der Waals surface area contributed by atoms with Crippen LogP contribution in [0.15, 0.2) is 77.7 Å². The summed E-state index contributed by atoms with van der Waals surface area (Å²) in [4.78, 5) is 17.2. The molecular weight excluding hydrogens is 482 g/mol. The molecule has 0 unspecified atom stereocenters. The van der Waals surface area contributed by atoms with Gasteiger partial charge in [-0.15, -0.1) is 0 Å². The van der Waals surface area contributed by atoms with E-state index in [-0.39, 0.29) is 16.2 Å². The lowest BCUT2D eigenvalue weighted by atomic mass is 9.86. The number of nitrogens with one attached hydrogen (secondary N) is 1. The molecule has 3 aromatic carbocycles. The molecule has 1 aliphatic rings. The normalized spacial score (nSPS) is 14.6. The van der Waals surface area contributed by atoms with Gasteiger partial charge in [-0.3, -0.25) is 9.52 Å². The average molecular weight is 512 g/mol. The molecule has 0 bridgehead atoms. The summed E-state index contributed by atoms with van der Waals surface area (Å²) in [5.74, 6) is 0.0528. The van der Waals surface area contributed by atoms with Crippen LogP contribution in [0.25, 0.3) is 0 Å². The van der Waals surface area contributed by atoms with Crippen molar-refractivity contribution in [1.82, 2.24) is 4.90 Å². The molecule has 1 amide bonds. The molecule has 0 saturated carbocycles. The number of nitrogens with zero attached hydrogens (tertiary/aromatic N) is 2. The molecule has 1 heterocycles. The zero-order chi connectivity index (χ0) is 25.2. The van der Waals surface area contributed by atoms with Crippen molar-refractivity contribution < 1.29 is 13.2 Å². The maximum absolute atomic E-state index is 13.0. The highest BCUT2D eigenvalue weighted by Crippen LogP contribution is 2.24. The van der Waals surface area contributed by atoms with Gasteiger partial charge in [-0.25, -0.2) is 8.42 Å². The minimum absolute atomic E-state index is 0.0528. The Morgan fingerprint density at radius 2 is 1.40 bits per heavy atom. The molecule has 1 aliphatic heterocycles. The molecule has 0 radical (unpaired) electrons. The van der Waals surface area contributed by atoms with Crippen LogP contribution >= 0.6 is 11.6 Å². The smallest absolute Gasteiger partial charge is 0.261 e. The van der Waals surface area contributed by atoms with Crippen molar-refractivity contribution in [3.8, 4) is 0 Å². The molecule has 6 nitrogen and oxygen atoms in total. The molecule has 0 atom stereocenters. The van der Waals surface area contributed by atoms with E-state index < -0.39 is 10.0 Å². The number of benzene rings is 3. The number of amides is 1. The molecular formula is C27H30ClN3O3S. The lowest BCUT2D eigenvalue weighted by Crippen LogP contribution is -2.48. The fourth-order valence-electron chi connectivity index (χ4n) is 4.03. The predicted molar refractivity (Wildman–Crippen MR) is 142 cm³/mol. The summed E-state index contributed by atoms with van der Waals surface area (Å²) in [6, 6.07) is 21.2. The van der Waals surface area contributed by atoms with Crippen LogP contribution in [0.5, 0.6) is 0 Å². The van der Waals surface area contributed by atoms with Gasteiger partial charge in [-0.05, 0) is 71.6 Å². The highest BCUT2D eigenvalue weighted by Gasteiger charge is 2.23. The van der Waals surface area contributed by atoms with Gasteiger partial charge in [0.05, 0.1) is 4.90 Å². The van der Waals surface area contributed by atoms with Gasteiger partial charge < -0.3 is 9.80 Å². The van der Waals surface area contributed by atoms with E-state index in [9.17, 15) is 13.2 Å². The van der Waals surface area contributed by atoms with Crippen molar-refractivity contribution in [2.24, 2.45) is 0 Å². The zero-order valence-corrected chi connectivity index (χ0v) is 21.7. The molecule has 1 saturated heterocycles. The number of anilines is 2. The van der Waals surface area contributed by atoms with Gasteiger partial charge in [0.1, 0.15) is 0 Å². The van der Waals surface area contributed by atoms with E-state index in [4.69, 9.17) is 11.6 Å². The van der Waals surface area contributed by atoms with Crippen LogP contribution in [0, 0.1) is 0 Å². The Bertz CT molecular complexity index is 1280. The summed E-state index contributed by atoms with van der Waals surface area (Å²) in [7, 11) is -3.69. The van der Waals surface area contributed by atoms with E-state index in [1.54, 1.807) is 24.3 Å². The number of sulfonamides is 1. The molecule has 0 aliphatic carbocycles. The quantitative estimate of drug-likeness (QED) is 0.498. The number of hydrogen-bond acceptors (Lipinski definition) is 4. The monoisotopic (exact) mass is 511 g/mol. The molecule has 1 N–H and O–H groups in total. The third-order valence-corrected chi connectivity index (χ3v) is 7.82. The molecule has 8 heteroatoms. The third-order valence-electron chi connectivity index (χ3n) is 6.17. The van der Waals surface area contributed by atoms with Crippen molar-refractivity contribution in [3.05, 3.63) is 88.9 Å². The van der Waals surface area contributed by atoms with Crippen molar-refractivity contribution in [2.75, 3.05) is 35.8 Å². The van der Waals surface area contributed by atoms with Gasteiger partial charge in [0.2, 0.25) is 0 Å². The van der Waals surface area contributed by atoms with Crippen molar-refractivity contribution in [2.45, 2.75) is 31.1 Å². The number of halogens is 1. The second-order valence-corrected chi connectivity index (χ2v) is 11.8. The highest BCUT2D eigenvalue weighted by molar-refractivity contribution is 7.92. The van der Waals surface area contributed by atoms with Crippen LogP contribution in [0.3, 0.4) is 0 Å². The summed E-state index contributed by atoms with van der Waals surface area (Å²) in [5, 5.41) is 0.480. The zero-order valence-electron chi connectivity index (χ0n) is 20.2. The van der Waals surface area contributed by atoms with Crippen LogP contribution in [-0.4, -0.2) is 45.4 Å². The second kappa shape index (κ2) is 9.91. The number of piperazine rings is 1. The number of carbonyl (C=O) groups is 1. The molecule has 3 aromatic rings. The lowest BCUT2D eigenvalue weighted by Gasteiger charge is -2.36. The maximum atomic E-state index is 13.0. The van der Waals surface area contributed by atoms with E-state index in [0.29, 0.717) is 42.5 Å². The van der Waals surface area contributed by atoms with Gasteiger partial charge in [-0.1, -0.05) is 44.5 Å². The Labute approximate surface area is 212 Å². The van der Waals surface area contributed by atoms with Crippen molar-refractivity contribution in [3.63, 3.8) is 0 Å². The highest BCUT2D eigenvalue weighted by atomic mass is 35.5. The Morgan fingerprint density at radius 3 is 1.94 bits per heavy atom. The summed E-state index contributed by atoms with van der Waals surface area (Å²) < 4.78 is 27.8. The number of rotatable bonds is 5. The van der Waals surface area contributed by atoms with Crippen molar-refractivity contribution >= 4 is 38.9 Å². The van der Waals surface area contributed by atoms with Gasteiger partial charge in [0.25, 0.3) is 15.9 Å². The Hall–Kier alpha value is -3.03. The minimum Gasteiger partial charge on any atom is -0.368 e. The maximum Gasteiger partial charge on any atom is 0.261 e. The molecule has 0 spiro atoms. The molecule has 184 valence electrons.